The first-order valence-corrected chi connectivity index (χ1v) is 7.93. The minimum absolute atomic E-state index is 0.0693. The molecule has 1 atom stereocenters. The molecule has 1 N–H and O–H groups in total. The molecule has 2 aromatic rings. The van der Waals surface area contributed by atoms with Crippen LogP contribution in [0.2, 0.25) is 0 Å². The number of carbonyl (C=O) groups is 2. The monoisotopic (exact) mass is 326 g/mol. The molecule has 0 saturated carbocycles. The van der Waals surface area contributed by atoms with E-state index in [4.69, 9.17) is 4.74 Å². The second-order valence-corrected chi connectivity index (χ2v) is 5.89. The minimum atomic E-state index is -0.466. The zero-order chi connectivity index (χ0) is 17.5. The van der Waals surface area contributed by atoms with E-state index >= 15 is 0 Å². The Balaban J connectivity index is 2.17. The van der Waals surface area contributed by atoms with Gasteiger partial charge in [-0.15, -0.1) is 0 Å². The van der Waals surface area contributed by atoms with E-state index in [0.717, 1.165) is 11.1 Å². The van der Waals surface area contributed by atoms with Gasteiger partial charge in [-0.1, -0.05) is 35.9 Å². The lowest BCUT2D eigenvalue weighted by molar-refractivity contribution is -0.147. The lowest BCUT2D eigenvalue weighted by atomic mass is 10.0. The highest BCUT2D eigenvalue weighted by Gasteiger charge is 2.21. The number of nitrogens with one attached hydrogen (secondary N) is 1. The lowest BCUT2D eigenvalue weighted by Gasteiger charge is -2.19. The zero-order valence-electron chi connectivity index (χ0n) is 14.2. The Labute approximate surface area is 142 Å². The summed E-state index contributed by atoms with van der Waals surface area (Å²) in [6, 6.07) is 12.4. The summed E-state index contributed by atoms with van der Waals surface area (Å²) in [5, 5.41) is 2.87. The number of hydrogen-bond acceptors (Lipinski definition) is 4. The van der Waals surface area contributed by atoms with Crippen LogP contribution in [0.4, 0.5) is 0 Å². The van der Waals surface area contributed by atoms with Gasteiger partial charge in [0.05, 0.1) is 18.6 Å². The van der Waals surface area contributed by atoms with Crippen LogP contribution < -0.4 is 5.32 Å². The first-order chi connectivity index (χ1) is 11.5. The van der Waals surface area contributed by atoms with Crippen LogP contribution in [0.5, 0.6) is 0 Å². The topological polar surface area (TPSA) is 68.3 Å². The number of aromatic nitrogens is 1. The summed E-state index contributed by atoms with van der Waals surface area (Å²) in [6.07, 6.45) is 1.44. The van der Waals surface area contributed by atoms with Crippen LogP contribution in [0, 0.1) is 6.92 Å². The van der Waals surface area contributed by atoms with Crippen molar-refractivity contribution in [3.05, 3.63) is 65.5 Å². The minimum Gasteiger partial charge on any atom is -0.463 e. The fourth-order valence-corrected chi connectivity index (χ4v) is 2.26. The molecule has 1 amide bonds. The molecule has 5 heteroatoms. The Bertz CT molecular complexity index is 682. The molecule has 0 aliphatic rings. The van der Waals surface area contributed by atoms with Crippen molar-refractivity contribution in [3.63, 3.8) is 0 Å². The van der Waals surface area contributed by atoms with E-state index in [1.54, 1.807) is 38.2 Å². The molecule has 0 aliphatic heterocycles. The molecule has 1 heterocycles. The molecule has 0 saturated heterocycles. The number of benzene rings is 1. The number of carbonyl (C=O) groups excluding carboxylic acids is 2. The van der Waals surface area contributed by atoms with Gasteiger partial charge in [0.25, 0.3) is 5.91 Å². The molecule has 1 aromatic heterocycles. The zero-order valence-corrected chi connectivity index (χ0v) is 14.2. The van der Waals surface area contributed by atoms with Gasteiger partial charge in [-0.2, -0.15) is 0 Å². The second-order valence-electron chi connectivity index (χ2n) is 5.89. The molecule has 0 radical (unpaired) electrons. The standard InChI is InChI=1S/C19H22N2O3/c1-13(2)24-18(22)12-17(15-9-7-14(3)8-10-15)21-19(23)16-6-4-5-11-20-16/h4-11,13,17H,12H2,1-3H3,(H,21,23). The predicted molar refractivity (Wildman–Crippen MR) is 91.5 cm³/mol. The quantitative estimate of drug-likeness (QED) is 0.828. The van der Waals surface area contributed by atoms with Crippen molar-refractivity contribution in [2.45, 2.75) is 39.3 Å². The van der Waals surface area contributed by atoms with E-state index in [-0.39, 0.29) is 24.4 Å². The fourth-order valence-electron chi connectivity index (χ4n) is 2.26. The van der Waals surface area contributed by atoms with Crippen molar-refractivity contribution in [2.75, 3.05) is 0 Å². The van der Waals surface area contributed by atoms with Crippen LogP contribution >= 0.6 is 0 Å². The summed E-state index contributed by atoms with van der Waals surface area (Å²) in [5.41, 5.74) is 2.27. The van der Waals surface area contributed by atoms with E-state index in [9.17, 15) is 9.59 Å². The highest BCUT2D eigenvalue weighted by Crippen LogP contribution is 2.19. The van der Waals surface area contributed by atoms with Crippen LogP contribution in [0.15, 0.2) is 48.7 Å². The number of amides is 1. The van der Waals surface area contributed by atoms with Crippen molar-refractivity contribution in [1.82, 2.24) is 10.3 Å². The number of ether oxygens (including phenoxy) is 1. The Morgan fingerprint density at radius 2 is 1.83 bits per heavy atom. The number of rotatable bonds is 6. The number of aryl methyl sites for hydroxylation is 1. The van der Waals surface area contributed by atoms with Crippen molar-refractivity contribution >= 4 is 11.9 Å². The third-order valence-corrected chi connectivity index (χ3v) is 3.42. The summed E-state index contributed by atoms with van der Waals surface area (Å²) in [5.74, 6) is -0.671. The van der Waals surface area contributed by atoms with Crippen LogP contribution in [0.25, 0.3) is 0 Å². The van der Waals surface area contributed by atoms with E-state index < -0.39 is 6.04 Å². The molecule has 5 nitrogen and oxygen atoms in total. The van der Waals surface area contributed by atoms with Gasteiger partial charge in [0.1, 0.15) is 5.69 Å². The SMILES string of the molecule is Cc1ccc(C(CC(=O)OC(C)C)NC(=O)c2ccccn2)cc1. The number of pyridine rings is 1. The molecular formula is C19H22N2O3. The molecular weight excluding hydrogens is 304 g/mol. The van der Waals surface area contributed by atoms with E-state index in [0.29, 0.717) is 5.69 Å². The predicted octanol–water partition coefficient (Wildman–Crippen LogP) is 3.20. The van der Waals surface area contributed by atoms with Crippen LogP contribution in [-0.2, 0) is 9.53 Å². The van der Waals surface area contributed by atoms with E-state index in [2.05, 4.69) is 10.3 Å². The van der Waals surface area contributed by atoms with Crippen LogP contribution in [-0.4, -0.2) is 23.0 Å². The molecule has 1 unspecified atom stereocenters. The van der Waals surface area contributed by atoms with Crippen molar-refractivity contribution < 1.29 is 14.3 Å². The molecule has 0 fully saturated rings. The Morgan fingerprint density at radius 1 is 1.12 bits per heavy atom. The molecule has 0 spiro atoms. The van der Waals surface area contributed by atoms with E-state index in [1.165, 1.54) is 0 Å². The summed E-state index contributed by atoms with van der Waals surface area (Å²) in [6.45, 7) is 5.58. The average molecular weight is 326 g/mol. The normalized spacial score (nSPS) is 11.8. The third-order valence-electron chi connectivity index (χ3n) is 3.42. The molecule has 2 rings (SSSR count). The maximum Gasteiger partial charge on any atom is 0.308 e. The maximum absolute atomic E-state index is 12.4. The van der Waals surface area contributed by atoms with Gasteiger partial charge in [-0.3, -0.25) is 14.6 Å². The molecule has 24 heavy (non-hydrogen) atoms. The van der Waals surface area contributed by atoms with Gasteiger partial charge in [0.2, 0.25) is 0 Å². The largest absolute Gasteiger partial charge is 0.463 e. The van der Waals surface area contributed by atoms with E-state index in [1.807, 2.05) is 31.2 Å². The first kappa shape index (κ1) is 17.7. The highest BCUT2D eigenvalue weighted by molar-refractivity contribution is 5.92. The van der Waals surface area contributed by atoms with Gasteiger partial charge in [0, 0.05) is 6.20 Å². The number of esters is 1. The maximum atomic E-state index is 12.4. The smallest absolute Gasteiger partial charge is 0.308 e. The Morgan fingerprint density at radius 3 is 2.42 bits per heavy atom. The Kier molecular flexibility index (Phi) is 6.07. The summed E-state index contributed by atoms with van der Waals surface area (Å²) >= 11 is 0. The second kappa shape index (κ2) is 8.24. The summed E-state index contributed by atoms with van der Waals surface area (Å²) < 4.78 is 5.21. The van der Waals surface area contributed by atoms with Crippen molar-refractivity contribution in [1.29, 1.82) is 0 Å². The van der Waals surface area contributed by atoms with Gasteiger partial charge in [0.15, 0.2) is 0 Å². The Hall–Kier alpha value is -2.69. The summed E-state index contributed by atoms with van der Waals surface area (Å²) in [7, 11) is 0. The van der Waals surface area contributed by atoms with Gasteiger partial charge in [-0.05, 0) is 38.5 Å². The molecule has 126 valence electrons. The average Bonchev–Trinajstić information content (AvgIpc) is 2.55. The molecule has 1 aromatic carbocycles. The van der Waals surface area contributed by atoms with Gasteiger partial charge >= 0.3 is 5.97 Å². The van der Waals surface area contributed by atoms with Gasteiger partial charge in [-0.25, -0.2) is 0 Å². The van der Waals surface area contributed by atoms with Crippen molar-refractivity contribution in [2.24, 2.45) is 0 Å². The van der Waals surface area contributed by atoms with Crippen LogP contribution in [0.3, 0.4) is 0 Å². The van der Waals surface area contributed by atoms with Gasteiger partial charge < -0.3 is 10.1 Å². The third kappa shape index (κ3) is 5.19. The summed E-state index contributed by atoms with van der Waals surface area (Å²) in [4.78, 5) is 28.4. The number of nitrogens with zero attached hydrogens (tertiary/aromatic N) is 1. The lowest BCUT2D eigenvalue weighted by Crippen LogP contribution is -2.31. The number of hydrogen-bond donors (Lipinski definition) is 1. The van der Waals surface area contributed by atoms with Crippen LogP contribution in [0.1, 0.15) is 47.9 Å². The highest BCUT2D eigenvalue weighted by atomic mass is 16.5. The first-order valence-electron chi connectivity index (χ1n) is 7.93. The molecule has 0 bridgehead atoms. The fraction of sp³-hybridized carbons (Fsp3) is 0.316. The van der Waals surface area contributed by atoms with Crippen molar-refractivity contribution in [3.8, 4) is 0 Å². The molecule has 0 aliphatic carbocycles.